The molecule has 0 radical (unpaired) electrons. The molecule has 0 spiro atoms. The molecular formula is C15H18N2O2S. The Morgan fingerprint density at radius 1 is 1.05 bits per heavy atom. The van der Waals surface area contributed by atoms with E-state index in [2.05, 4.69) is 4.72 Å². The van der Waals surface area contributed by atoms with Gasteiger partial charge in [-0.2, -0.15) is 0 Å². The maximum absolute atomic E-state index is 12.4. The van der Waals surface area contributed by atoms with Gasteiger partial charge in [0.05, 0.1) is 4.90 Å². The van der Waals surface area contributed by atoms with Crippen LogP contribution in [0.1, 0.15) is 24.1 Å². The number of nitrogens with one attached hydrogen (secondary N) is 1. The molecule has 0 heterocycles. The monoisotopic (exact) mass is 290 g/mol. The SMILES string of the molecule is Cc1ccccc1S(=O)(=O)NC(C)c1ccc(N)cc1. The molecule has 106 valence electrons. The summed E-state index contributed by atoms with van der Waals surface area (Å²) in [5.74, 6) is 0. The third kappa shape index (κ3) is 3.18. The zero-order valence-corrected chi connectivity index (χ0v) is 12.3. The summed E-state index contributed by atoms with van der Waals surface area (Å²) in [4.78, 5) is 0.308. The van der Waals surface area contributed by atoms with Crippen LogP contribution in [0.25, 0.3) is 0 Å². The summed E-state index contributed by atoms with van der Waals surface area (Å²) in [6.07, 6.45) is 0. The first-order chi connectivity index (χ1) is 9.40. The first-order valence-corrected chi connectivity index (χ1v) is 7.82. The van der Waals surface area contributed by atoms with Crippen molar-refractivity contribution < 1.29 is 8.42 Å². The quantitative estimate of drug-likeness (QED) is 0.850. The van der Waals surface area contributed by atoms with Crippen molar-refractivity contribution >= 4 is 15.7 Å². The fraction of sp³-hybridized carbons (Fsp3) is 0.200. The highest BCUT2D eigenvalue weighted by atomic mass is 32.2. The number of hydrogen-bond donors (Lipinski definition) is 2. The Hall–Kier alpha value is -1.85. The summed E-state index contributed by atoms with van der Waals surface area (Å²) >= 11 is 0. The largest absolute Gasteiger partial charge is 0.399 e. The van der Waals surface area contributed by atoms with Crippen LogP contribution in [0.5, 0.6) is 0 Å². The van der Waals surface area contributed by atoms with Crippen molar-refractivity contribution in [2.75, 3.05) is 5.73 Å². The second-order valence-electron chi connectivity index (χ2n) is 4.78. The van der Waals surface area contributed by atoms with Crippen molar-refractivity contribution in [3.8, 4) is 0 Å². The Labute approximate surface area is 119 Å². The Bertz CT molecular complexity index is 694. The van der Waals surface area contributed by atoms with E-state index in [0.717, 1.165) is 11.1 Å². The number of sulfonamides is 1. The van der Waals surface area contributed by atoms with Gasteiger partial charge in [-0.1, -0.05) is 30.3 Å². The second-order valence-corrected chi connectivity index (χ2v) is 6.46. The maximum Gasteiger partial charge on any atom is 0.241 e. The molecule has 0 fully saturated rings. The van der Waals surface area contributed by atoms with Crippen LogP contribution < -0.4 is 10.5 Å². The second kappa shape index (κ2) is 5.64. The van der Waals surface area contributed by atoms with Crippen molar-refractivity contribution in [3.05, 3.63) is 59.7 Å². The molecule has 5 heteroatoms. The number of rotatable bonds is 4. The molecule has 0 bridgehead atoms. The molecule has 0 amide bonds. The van der Waals surface area contributed by atoms with Crippen molar-refractivity contribution in [1.29, 1.82) is 0 Å². The molecule has 2 aromatic rings. The van der Waals surface area contributed by atoms with Crippen LogP contribution in [-0.4, -0.2) is 8.42 Å². The number of benzene rings is 2. The molecule has 20 heavy (non-hydrogen) atoms. The minimum atomic E-state index is -3.53. The van der Waals surface area contributed by atoms with E-state index in [-0.39, 0.29) is 6.04 Å². The zero-order valence-electron chi connectivity index (χ0n) is 11.5. The number of anilines is 1. The number of nitrogens with two attached hydrogens (primary N) is 1. The van der Waals surface area contributed by atoms with E-state index in [9.17, 15) is 8.42 Å². The normalized spacial score (nSPS) is 13.1. The van der Waals surface area contributed by atoms with E-state index in [0.29, 0.717) is 10.6 Å². The lowest BCUT2D eigenvalue weighted by Gasteiger charge is -2.16. The van der Waals surface area contributed by atoms with Crippen LogP contribution >= 0.6 is 0 Å². The Balaban J connectivity index is 2.24. The molecule has 0 saturated carbocycles. The summed E-state index contributed by atoms with van der Waals surface area (Å²) < 4.78 is 27.4. The molecule has 4 nitrogen and oxygen atoms in total. The van der Waals surface area contributed by atoms with E-state index >= 15 is 0 Å². The lowest BCUT2D eigenvalue weighted by Crippen LogP contribution is -2.27. The average molecular weight is 290 g/mol. The predicted molar refractivity (Wildman–Crippen MR) is 80.8 cm³/mol. The van der Waals surface area contributed by atoms with E-state index in [4.69, 9.17) is 5.73 Å². The van der Waals surface area contributed by atoms with Gasteiger partial charge < -0.3 is 5.73 Å². The van der Waals surface area contributed by atoms with Gasteiger partial charge in [-0.3, -0.25) is 0 Å². The molecule has 2 rings (SSSR count). The lowest BCUT2D eigenvalue weighted by molar-refractivity contribution is 0.566. The molecule has 2 aromatic carbocycles. The summed E-state index contributed by atoms with van der Waals surface area (Å²) in [5, 5.41) is 0. The van der Waals surface area contributed by atoms with Crippen molar-refractivity contribution in [3.63, 3.8) is 0 Å². The van der Waals surface area contributed by atoms with Gasteiger partial charge in [0.25, 0.3) is 0 Å². The highest BCUT2D eigenvalue weighted by Gasteiger charge is 2.19. The Kier molecular flexibility index (Phi) is 4.11. The molecule has 3 N–H and O–H groups in total. The van der Waals surface area contributed by atoms with Crippen molar-refractivity contribution in [1.82, 2.24) is 4.72 Å². The number of hydrogen-bond acceptors (Lipinski definition) is 3. The van der Waals surface area contributed by atoms with E-state index in [1.807, 2.05) is 18.2 Å². The molecule has 0 saturated heterocycles. The van der Waals surface area contributed by atoms with Crippen LogP contribution in [0, 0.1) is 6.92 Å². The molecule has 0 aliphatic carbocycles. The van der Waals surface area contributed by atoms with E-state index in [1.54, 1.807) is 44.2 Å². The Morgan fingerprint density at radius 3 is 2.25 bits per heavy atom. The lowest BCUT2D eigenvalue weighted by atomic mass is 10.1. The maximum atomic E-state index is 12.4. The van der Waals surface area contributed by atoms with Gasteiger partial charge in [-0.15, -0.1) is 0 Å². The molecular weight excluding hydrogens is 272 g/mol. The topological polar surface area (TPSA) is 72.2 Å². The molecule has 0 aliphatic rings. The van der Waals surface area contributed by atoms with Crippen molar-refractivity contribution in [2.24, 2.45) is 0 Å². The summed E-state index contributed by atoms with van der Waals surface area (Å²) in [6.45, 7) is 3.59. The van der Waals surface area contributed by atoms with E-state index in [1.165, 1.54) is 0 Å². The highest BCUT2D eigenvalue weighted by molar-refractivity contribution is 7.89. The minimum absolute atomic E-state index is 0.308. The zero-order chi connectivity index (χ0) is 14.8. The Morgan fingerprint density at radius 2 is 1.65 bits per heavy atom. The first kappa shape index (κ1) is 14.6. The third-order valence-corrected chi connectivity index (χ3v) is 4.85. The number of nitrogen functional groups attached to an aromatic ring is 1. The van der Waals surface area contributed by atoms with Gasteiger partial charge >= 0.3 is 0 Å². The van der Waals surface area contributed by atoms with Crippen LogP contribution in [-0.2, 0) is 10.0 Å². The van der Waals surface area contributed by atoms with Gasteiger partial charge in [0.15, 0.2) is 0 Å². The fourth-order valence-corrected chi connectivity index (χ4v) is 3.49. The number of aryl methyl sites for hydroxylation is 1. The average Bonchev–Trinajstić information content (AvgIpc) is 2.39. The molecule has 1 unspecified atom stereocenters. The third-order valence-electron chi connectivity index (χ3n) is 3.15. The van der Waals surface area contributed by atoms with Crippen molar-refractivity contribution in [2.45, 2.75) is 24.8 Å². The predicted octanol–water partition coefficient (Wildman–Crippen LogP) is 2.62. The molecule has 1 atom stereocenters. The molecule has 0 aromatic heterocycles. The summed E-state index contributed by atoms with van der Waals surface area (Å²) in [6, 6.07) is 13.8. The smallest absolute Gasteiger partial charge is 0.241 e. The van der Waals surface area contributed by atoms with E-state index < -0.39 is 10.0 Å². The van der Waals surface area contributed by atoms with Crippen LogP contribution in [0.2, 0.25) is 0 Å². The standard InChI is InChI=1S/C15H18N2O2S/c1-11-5-3-4-6-15(11)20(18,19)17-12(2)13-7-9-14(16)10-8-13/h3-10,12,17H,16H2,1-2H3. The van der Waals surface area contributed by atoms with Gasteiger partial charge in [0, 0.05) is 11.7 Å². The highest BCUT2D eigenvalue weighted by Crippen LogP contribution is 2.19. The summed E-state index contributed by atoms with van der Waals surface area (Å²) in [7, 11) is -3.53. The van der Waals surface area contributed by atoms with Gasteiger partial charge in [-0.05, 0) is 43.2 Å². The fourth-order valence-electron chi connectivity index (χ4n) is 2.01. The van der Waals surface area contributed by atoms with Gasteiger partial charge in [0.2, 0.25) is 10.0 Å². The summed E-state index contributed by atoms with van der Waals surface area (Å²) in [5.41, 5.74) is 7.88. The van der Waals surface area contributed by atoms with Gasteiger partial charge in [0.1, 0.15) is 0 Å². The first-order valence-electron chi connectivity index (χ1n) is 6.33. The van der Waals surface area contributed by atoms with Gasteiger partial charge in [-0.25, -0.2) is 13.1 Å². The minimum Gasteiger partial charge on any atom is -0.399 e. The molecule has 0 aliphatic heterocycles. The van der Waals surface area contributed by atoms with Crippen LogP contribution in [0.4, 0.5) is 5.69 Å². The van der Waals surface area contributed by atoms with Crippen LogP contribution in [0.3, 0.4) is 0 Å². The van der Waals surface area contributed by atoms with Crippen LogP contribution in [0.15, 0.2) is 53.4 Å².